The van der Waals surface area contributed by atoms with Gasteiger partial charge in [0.25, 0.3) is 5.91 Å². The zero-order valence-electron chi connectivity index (χ0n) is 9.98. The first-order chi connectivity index (χ1) is 8.16. The van der Waals surface area contributed by atoms with Crippen LogP contribution in [-0.2, 0) is 14.3 Å². The average Bonchev–Trinajstić information content (AvgIpc) is 2.34. The van der Waals surface area contributed by atoms with Crippen LogP contribution in [0.2, 0.25) is 0 Å². The lowest BCUT2D eigenvalue weighted by Gasteiger charge is -2.17. The molecule has 0 aliphatic heterocycles. The van der Waals surface area contributed by atoms with Crippen LogP contribution >= 0.6 is 0 Å². The van der Waals surface area contributed by atoms with Gasteiger partial charge in [-0.3, -0.25) is 4.79 Å². The molecule has 94 valence electrons. The second-order valence-corrected chi connectivity index (χ2v) is 3.45. The molecule has 0 atom stereocenters. The molecule has 0 N–H and O–H groups in total. The Morgan fingerprint density at radius 2 is 2.06 bits per heavy atom. The molecule has 0 radical (unpaired) electrons. The summed E-state index contributed by atoms with van der Waals surface area (Å²) in [4.78, 5) is 12.9. The van der Waals surface area contributed by atoms with Crippen LogP contribution in [-0.4, -0.2) is 39.9 Å². The van der Waals surface area contributed by atoms with Crippen molar-refractivity contribution in [1.29, 1.82) is 0 Å². The lowest BCUT2D eigenvalue weighted by molar-refractivity contribution is -0.123. The average molecular weight is 241 g/mol. The number of carbonyl (C=O) groups excluding carboxylic acids is 1. The zero-order chi connectivity index (χ0) is 12.7. The van der Waals surface area contributed by atoms with Gasteiger partial charge in [-0.05, 0) is 12.1 Å². The van der Waals surface area contributed by atoms with Crippen LogP contribution in [0.25, 0.3) is 0 Å². The van der Waals surface area contributed by atoms with E-state index >= 15 is 0 Å². The standard InChI is InChI=1S/C12H16FNO3/c1-14(11-6-4-3-5-10(11)13)12(15)9-17-8-7-16-2/h3-6H,7-9H2,1-2H3. The van der Waals surface area contributed by atoms with Gasteiger partial charge in [0.15, 0.2) is 0 Å². The van der Waals surface area contributed by atoms with Gasteiger partial charge in [0.1, 0.15) is 12.4 Å². The van der Waals surface area contributed by atoms with E-state index in [1.807, 2.05) is 0 Å². The molecule has 0 fully saturated rings. The molecule has 1 aromatic rings. The van der Waals surface area contributed by atoms with Crippen LogP contribution in [0.5, 0.6) is 0 Å². The van der Waals surface area contributed by atoms with Gasteiger partial charge in [-0.15, -0.1) is 0 Å². The van der Waals surface area contributed by atoms with Crippen molar-refractivity contribution in [2.45, 2.75) is 0 Å². The number of likely N-dealkylation sites (N-methyl/N-ethyl adjacent to an activating group) is 1. The van der Waals surface area contributed by atoms with Crippen molar-refractivity contribution in [3.8, 4) is 0 Å². The van der Waals surface area contributed by atoms with Gasteiger partial charge in [0.05, 0.1) is 18.9 Å². The fraction of sp³-hybridized carbons (Fsp3) is 0.417. The van der Waals surface area contributed by atoms with Crippen molar-refractivity contribution in [3.05, 3.63) is 30.1 Å². The fourth-order valence-corrected chi connectivity index (χ4v) is 1.26. The Hall–Kier alpha value is -1.46. The van der Waals surface area contributed by atoms with Crippen LogP contribution in [0.1, 0.15) is 0 Å². The minimum atomic E-state index is -0.430. The largest absolute Gasteiger partial charge is 0.382 e. The Kier molecular flexibility index (Phi) is 5.59. The van der Waals surface area contributed by atoms with Crippen LogP contribution in [0.3, 0.4) is 0 Å². The number of amides is 1. The first-order valence-electron chi connectivity index (χ1n) is 5.24. The number of hydrogen-bond acceptors (Lipinski definition) is 3. The molecule has 4 nitrogen and oxygen atoms in total. The summed E-state index contributed by atoms with van der Waals surface area (Å²) >= 11 is 0. The van der Waals surface area contributed by atoms with Crippen molar-refractivity contribution in [2.24, 2.45) is 0 Å². The van der Waals surface area contributed by atoms with E-state index < -0.39 is 5.82 Å². The molecule has 1 rings (SSSR count). The third-order valence-corrected chi connectivity index (χ3v) is 2.25. The Morgan fingerprint density at radius 1 is 1.35 bits per heavy atom. The first-order valence-corrected chi connectivity index (χ1v) is 5.24. The zero-order valence-corrected chi connectivity index (χ0v) is 9.98. The molecule has 0 bridgehead atoms. The summed E-state index contributed by atoms with van der Waals surface area (Å²) in [5.41, 5.74) is 0.243. The topological polar surface area (TPSA) is 38.8 Å². The van der Waals surface area contributed by atoms with E-state index in [0.717, 1.165) is 0 Å². The number of halogens is 1. The van der Waals surface area contributed by atoms with E-state index in [4.69, 9.17) is 9.47 Å². The van der Waals surface area contributed by atoms with Gasteiger partial charge in [-0.2, -0.15) is 0 Å². The van der Waals surface area contributed by atoms with Crippen LogP contribution in [0.4, 0.5) is 10.1 Å². The van der Waals surface area contributed by atoms with Gasteiger partial charge in [0, 0.05) is 14.2 Å². The summed E-state index contributed by atoms with van der Waals surface area (Å²) < 4.78 is 23.2. The lowest BCUT2D eigenvalue weighted by atomic mass is 10.3. The van der Waals surface area contributed by atoms with Crippen LogP contribution < -0.4 is 4.90 Å². The third kappa shape index (κ3) is 4.13. The molecule has 0 heterocycles. The maximum atomic E-state index is 13.4. The molecular formula is C12H16FNO3. The molecule has 5 heteroatoms. The number of carbonyl (C=O) groups is 1. The van der Waals surface area contributed by atoms with Gasteiger partial charge in [-0.1, -0.05) is 12.1 Å². The Balaban J connectivity index is 2.49. The van der Waals surface area contributed by atoms with Gasteiger partial charge in [-0.25, -0.2) is 4.39 Å². The highest BCUT2D eigenvalue weighted by Crippen LogP contribution is 2.16. The Morgan fingerprint density at radius 3 is 2.71 bits per heavy atom. The first kappa shape index (κ1) is 13.6. The van der Waals surface area contributed by atoms with Crippen LogP contribution in [0, 0.1) is 5.82 Å². The van der Waals surface area contributed by atoms with Crippen molar-refractivity contribution in [2.75, 3.05) is 38.9 Å². The van der Waals surface area contributed by atoms with E-state index in [9.17, 15) is 9.18 Å². The molecule has 0 aliphatic carbocycles. The number of benzene rings is 1. The smallest absolute Gasteiger partial charge is 0.252 e. The highest BCUT2D eigenvalue weighted by molar-refractivity contribution is 5.93. The molecular weight excluding hydrogens is 225 g/mol. The second-order valence-electron chi connectivity index (χ2n) is 3.45. The number of para-hydroxylation sites is 1. The monoisotopic (exact) mass is 241 g/mol. The fourth-order valence-electron chi connectivity index (χ4n) is 1.26. The summed E-state index contributed by atoms with van der Waals surface area (Å²) in [5, 5.41) is 0. The predicted octanol–water partition coefficient (Wildman–Crippen LogP) is 1.45. The minimum absolute atomic E-state index is 0.0891. The number of ether oxygens (including phenoxy) is 2. The third-order valence-electron chi connectivity index (χ3n) is 2.25. The molecule has 0 saturated heterocycles. The van der Waals surface area contributed by atoms with Crippen molar-refractivity contribution in [1.82, 2.24) is 0 Å². The van der Waals surface area contributed by atoms with E-state index in [-0.39, 0.29) is 18.2 Å². The highest BCUT2D eigenvalue weighted by atomic mass is 19.1. The maximum absolute atomic E-state index is 13.4. The normalized spacial score (nSPS) is 10.3. The number of hydrogen-bond donors (Lipinski definition) is 0. The highest BCUT2D eigenvalue weighted by Gasteiger charge is 2.13. The van der Waals surface area contributed by atoms with Gasteiger partial charge >= 0.3 is 0 Å². The second kappa shape index (κ2) is 6.98. The number of anilines is 1. The van der Waals surface area contributed by atoms with Gasteiger partial charge < -0.3 is 14.4 Å². The number of methoxy groups -OCH3 is 1. The Labute approximate surface area is 99.9 Å². The molecule has 0 aliphatic rings. The summed E-state index contributed by atoms with van der Waals surface area (Å²) in [6.45, 7) is 0.679. The molecule has 0 aromatic heterocycles. The molecule has 0 spiro atoms. The predicted molar refractivity (Wildman–Crippen MR) is 62.5 cm³/mol. The number of nitrogens with zero attached hydrogens (tertiary/aromatic N) is 1. The van der Waals surface area contributed by atoms with Crippen LogP contribution in [0.15, 0.2) is 24.3 Å². The quantitative estimate of drug-likeness (QED) is 0.708. The molecule has 1 aromatic carbocycles. The summed E-state index contributed by atoms with van der Waals surface area (Å²) in [6, 6.07) is 6.10. The summed E-state index contributed by atoms with van der Waals surface area (Å²) in [5.74, 6) is -0.730. The van der Waals surface area contributed by atoms with Crippen molar-refractivity contribution < 1.29 is 18.7 Å². The van der Waals surface area contributed by atoms with E-state index in [1.165, 1.54) is 18.0 Å². The van der Waals surface area contributed by atoms with Crippen molar-refractivity contribution >= 4 is 11.6 Å². The van der Waals surface area contributed by atoms with Gasteiger partial charge in [0.2, 0.25) is 0 Å². The minimum Gasteiger partial charge on any atom is -0.382 e. The Bertz CT molecular complexity index is 371. The molecule has 17 heavy (non-hydrogen) atoms. The summed E-state index contributed by atoms with van der Waals surface area (Å²) in [7, 11) is 3.07. The van der Waals surface area contributed by atoms with E-state index in [2.05, 4.69) is 0 Å². The maximum Gasteiger partial charge on any atom is 0.252 e. The SMILES string of the molecule is COCCOCC(=O)N(C)c1ccccc1F. The molecule has 0 unspecified atom stereocenters. The lowest BCUT2D eigenvalue weighted by Crippen LogP contribution is -2.31. The molecule has 1 amide bonds. The van der Waals surface area contributed by atoms with Crippen molar-refractivity contribution in [3.63, 3.8) is 0 Å². The number of rotatable bonds is 6. The van der Waals surface area contributed by atoms with E-state index in [1.54, 1.807) is 25.3 Å². The summed E-state index contributed by atoms with van der Waals surface area (Å²) in [6.07, 6.45) is 0. The van der Waals surface area contributed by atoms with E-state index in [0.29, 0.717) is 13.2 Å². The molecule has 0 saturated carbocycles.